The van der Waals surface area contributed by atoms with Gasteiger partial charge in [0.1, 0.15) is 5.60 Å². The normalized spacial score (nSPS) is 13.8. The Morgan fingerprint density at radius 3 is 2.21 bits per heavy atom. The fraction of sp³-hybridized carbons (Fsp3) is 0.619. The number of hydrogen-bond donors (Lipinski definition) is 3. The minimum Gasteiger partial charge on any atom is -0.444 e. The van der Waals surface area contributed by atoms with Crippen molar-refractivity contribution < 1.29 is 9.53 Å². The van der Waals surface area contributed by atoms with Gasteiger partial charge < -0.3 is 25.6 Å². The highest BCUT2D eigenvalue weighted by Crippen LogP contribution is 2.16. The molecule has 0 aliphatic heterocycles. The quantitative estimate of drug-likeness (QED) is 0.492. The van der Waals surface area contributed by atoms with Crippen molar-refractivity contribution in [1.29, 1.82) is 0 Å². The van der Waals surface area contributed by atoms with Crippen LogP contribution in [-0.2, 0) is 4.74 Å². The van der Waals surface area contributed by atoms with Gasteiger partial charge in [0.25, 0.3) is 0 Å². The van der Waals surface area contributed by atoms with Gasteiger partial charge in [-0.15, -0.1) is 0 Å². The van der Waals surface area contributed by atoms with Gasteiger partial charge >= 0.3 is 6.09 Å². The van der Waals surface area contributed by atoms with Crippen molar-refractivity contribution in [2.24, 2.45) is 4.99 Å². The van der Waals surface area contributed by atoms with Crippen LogP contribution in [0.1, 0.15) is 46.2 Å². The molecule has 1 unspecified atom stereocenters. The maximum atomic E-state index is 12.0. The Balaban J connectivity index is 2.58. The van der Waals surface area contributed by atoms with Crippen molar-refractivity contribution in [2.75, 3.05) is 34.2 Å². The van der Waals surface area contributed by atoms with Crippen LogP contribution in [0.5, 0.6) is 0 Å². The van der Waals surface area contributed by atoms with Gasteiger partial charge in [0.15, 0.2) is 5.96 Å². The van der Waals surface area contributed by atoms with E-state index in [1.54, 1.807) is 7.05 Å². The number of carbonyl (C=O) groups is 1. The summed E-state index contributed by atoms with van der Waals surface area (Å²) in [5, 5.41) is 9.53. The van der Waals surface area contributed by atoms with Crippen LogP contribution in [0.2, 0.25) is 0 Å². The standard InChI is InChI=1S/C21H37N5O2/c1-20(2,3)28-19(27)25-21(4,5)15-24-18(22-6)23-14-17(26(7)8)16-12-10-9-11-13-16/h9-13,17H,14-15H2,1-8H3,(H,25,27)(H2,22,23,24). The molecule has 0 aliphatic carbocycles. The maximum Gasteiger partial charge on any atom is 0.408 e. The van der Waals surface area contributed by atoms with Crippen molar-refractivity contribution in [3.63, 3.8) is 0 Å². The van der Waals surface area contributed by atoms with Gasteiger partial charge in [-0.25, -0.2) is 4.79 Å². The monoisotopic (exact) mass is 391 g/mol. The predicted octanol–water partition coefficient (Wildman–Crippen LogP) is 2.76. The molecule has 0 saturated carbocycles. The molecular formula is C21H37N5O2. The molecule has 1 aromatic rings. The Bertz CT molecular complexity index is 636. The number of nitrogens with zero attached hydrogens (tertiary/aromatic N) is 2. The fourth-order valence-corrected chi connectivity index (χ4v) is 2.62. The van der Waals surface area contributed by atoms with E-state index in [1.807, 2.05) is 52.8 Å². The van der Waals surface area contributed by atoms with Crippen LogP contribution in [-0.4, -0.2) is 62.3 Å². The number of alkyl carbamates (subject to hydrolysis) is 1. The number of hydrogen-bond acceptors (Lipinski definition) is 4. The van der Waals surface area contributed by atoms with Gasteiger partial charge in [-0.3, -0.25) is 4.99 Å². The zero-order valence-electron chi connectivity index (χ0n) is 18.6. The predicted molar refractivity (Wildman–Crippen MR) is 116 cm³/mol. The highest BCUT2D eigenvalue weighted by Gasteiger charge is 2.25. The Labute approximate surface area is 169 Å². The summed E-state index contributed by atoms with van der Waals surface area (Å²) < 4.78 is 5.33. The Hall–Kier alpha value is -2.28. The molecule has 0 fully saturated rings. The number of nitrogens with one attached hydrogen (secondary N) is 3. The highest BCUT2D eigenvalue weighted by atomic mass is 16.6. The molecule has 1 rings (SSSR count). The number of likely N-dealkylation sites (N-methyl/N-ethyl adjacent to an activating group) is 1. The van der Waals surface area contributed by atoms with Gasteiger partial charge in [0.2, 0.25) is 0 Å². The summed E-state index contributed by atoms with van der Waals surface area (Å²) in [7, 11) is 5.85. The number of guanidine groups is 1. The van der Waals surface area contributed by atoms with E-state index < -0.39 is 17.2 Å². The number of amides is 1. The van der Waals surface area contributed by atoms with Crippen LogP contribution in [0, 0.1) is 0 Å². The van der Waals surface area contributed by atoms with Crippen molar-refractivity contribution in [2.45, 2.75) is 51.8 Å². The summed E-state index contributed by atoms with van der Waals surface area (Å²) in [6, 6.07) is 10.6. The summed E-state index contributed by atoms with van der Waals surface area (Å²) in [6.45, 7) is 10.6. The average Bonchev–Trinajstić information content (AvgIpc) is 2.56. The maximum absolute atomic E-state index is 12.0. The van der Waals surface area contributed by atoms with E-state index in [9.17, 15) is 4.79 Å². The third-order valence-electron chi connectivity index (χ3n) is 4.03. The molecule has 0 aromatic heterocycles. The van der Waals surface area contributed by atoms with Gasteiger partial charge in [0.05, 0.1) is 11.6 Å². The molecule has 7 heteroatoms. The molecule has 1 atom stereocenters. The van der Waals surface area contributed by atoms with E-state index >= 15 is 0 Å². The van der Waals surface area contributed by atoms with Crippen LogP contribution in [0.3, 0.4) is 0 Å². The fourth-order valence-electron chi connectivity index (χ4n) is 2.62. The number of ether oxygens (including phenoxy) is 1. The van der Waals surface area contributed by atoms with E-state index in [0.717, 1.165) is 0 Å². The Morgan fingerprint density at radius 2 is 1.71 bits per heavy atom. The molecule has 7 nitrogen and oxygen atoms in total. The van der Waals surface area contributed by atoms with Gasteiger partial charge in [-0.1, -0.05) is 30.3 Å². The molecule has 1 amide bonds. The zero-order valence-corrected chi connectivity index (χ0v) is 18.6. The van der Waals surface area contributed by atoms with Crippen molar-refractivity contribution in [1.82, 2.24) is 20.9 Å². The lowest BCUT2D eigenvalue weighted by atomic mass is 10.1. The first-order valence-corrected chi connectivity index (χ1v) is 9.60. The summed E-state index contributed by atoms with van der Waals surface area (Å²) >= 11 is 0. The van der Waals surface area contributed by atoms with E-state index in [1.165, 1.54) is 5.56 Å². The average molecular weight is 392 g/mol. The largest absolute Gasteiger partial charge is 0.444 e. The van der Waals surface area contributed by atoms with Crippen LogP contribution in [0.15, 0.2) is 35.3 Å². The van der Waals surface area contributed by atoms with Crippen LogP contribution in [0.4, 0.5) is 4.79 Å². The first kappa shape index (κ1) is 23.8. The number of rotatable bonds is 7. The second-order valence-electron chi connectivity index (χ2n) is 8.71. The Morgan fingerprint density at radius 1 is 1.11 bits per heavy atom. The molecule has 28 heavy (non-hydrogen) atoms. The summed E-state index contributed by atoms with van der Waals surface area (Å²) in [5.41, 5.74) is 0.215. The minimum atomic E-state index is -0.524. The highest BCUT2D eigenvalue weighted by molar-refractivity contribution is 5.80. The molecule has 0 aliphatic rings. The molecule has 3 N–H and O–H groups in total. The van der Waals surface area contributed by atoms with Gasteiger partial charge in [-0.05, 0) is 54.3 Å². The second-order valence-corrected chi connectivity index (χ2v) is 8.71. The number of aliphatic imine (C=N–C) groups is 1. The van der Waals surface area contributed by atoms with Crippen molar-refractivity contribution in [3.05, 3.63) is 35.9 Å². The number of benzene rings is 1. The van der Waals surface area contributed by atoms with Crippen molar-refractivity contribution >= 4 is 12.1 Å². The molecule has 0 radical (unpaired) electrons. The smallest absolute Gasteiger partial charge is 0.408 e. The lowest BCUT2D eigenvalue weighted by Gasteiger charge is -2.30. The molecule has 158 valence electrons. The molecule has 0 spiro atoms. The third kappa shape index (κ3) is 9.08. The zero-order chi connectivity index (χ0) is 21.4. The second kappa shape index (κ2) is 10.3. The lowest BCUT2D eigenvalue weighted by molar-refractivity contribution is 0.0474. The van der Waals surface area contributed by atoms with Crippen LogP contribution < -0.4 is 16.0 Å². The van der Waals surface area contributed by atoms with E-state index in [-0.39, 0.29) is 6.04 Å². The first-order valence-electron chi connectivity index (χ1n) is 9.60. The van der Waals surface area contributed by atoms with Crippen LogP contribution >= 0.6 is 0 Å². The van der Waals surface area contributed by atoms with E-state index in [0.29, 0.717) is 19.0 Å². The lowest BCUT2D eigenvalue weighted by Crippen LogP contribution is -2.54. The summed E-state index contributed by atoms with van der Waals surface area (Å²) in [4.78, 5) is 18.5. The summed E-state index contributed by atoms with van der Waals surface area (Å²) in [5.74, 6) is 0.682. The SMILES string of the molecule is CN=C(NCC(c1ccccc1)N(C)C)NCC(C)(C)NC(=O)OC(C)(C)C. The Kier molecular flexibility index (Phi) is 8.75. The molecule has 0 saturated heterocycles. The minimum absolute atomic E-state index is 0.215. The first-order chi connectivity index (χ1) is 12.9. The summed E-state index contributed by atoms with van der Waals surface area (Å²) in [6.07, 6.45) is -0.431. The topological polar surface area (TPSA) is 78.0 Å². The molecule has 0 bridgehead atoms. The molecule has 1 aromatic carbocycles. The molecular weight excluding hydrogens is 354 g/mol. The van der Waals surface area contributed by atoms with E-state index in [2.05, 4.69) is 52.1 Å². The van der Waals surface area contributed by atoms with Gasteiger partial charge in [-0.2, -0.15) is 0 Å². The van der Waals surface area contributed by atoms with E-state index in [4.69, 9.17) is 4.74 Å². The number of carbonyl (C=O) groups excluding carboxylic acids is 1. The van der Waals surface area contributed by atoms with Crippen LogP contribution in [0.25, 0.3) is 0 Å². The van der Waals surface area contributed by atoms with Crippen molar-refractivity contribution in [3.8, 4) is 0 Å². The molecule has 0 heterocycles. The van der Waals surface area contributed by atoms with Gasteiger partial charge in [0, 0.05) is 20.1 Å². The third-order valence-corrected chi connectivity index (χ3v) is 4.03.